The number of carbonyl (C=O) groups excluding carboxylic acids is 2. The second-order valence-electron chi connectivity index (χ2n) is 3.57. The Labute approximate surface area is 84.0 Å². The lowest BCUT2D eigenvalue weighted by Crippen LogP contribution is -2.58. The van der Waals surface area contributed by atoms with Gasteiger partial charge in [0.1, 0.15) is 5.54 Å². The summed E-state index contributed by atoms with van der Waals surface area (Å²) in [5.74, 6) is -0.662. The van der Waals surface area contributed by atoms with Gasteiger partial charge in [0.05, 0.1) is 6.61 Å². The molecular formula is C9H18N2O3. The fourth-order valence-electron chi connectivity index (χ4n) is 0.870. The van der Waals surface area contributed by atoms with Crippen molar-refractivity contribution in [2.75, 3.05) is 6.61 Å². The van der Waals surface area contributed by atoms with Gasteiger partial charge in [0.25, 0.3) is 0 Å². The molecular weight excluding hydrogens is 184 g/mol. The van der Waals surface area contributed by atoms with E-state index in [9.17, 15) is 9.59 Å². The van der Waals surface area contributed by atoms with Crippen LogP contribution >= 0.6 is 0 Å². The van der Waals surface area contributed by atoms with Crippen LogP contribution < -0.4 is 11.1 Å². The minimum Gasteiger partial charge on any atom is -0.450 e. The van der Waals surface area contributed by atoms with Crippen molar-refractivity contribution in [1.29, 1.82) is 0 Å². The van der Waals surface area contributed by atoms with Crippen LogP contribution in [-0.4, -0.2) is 24.1 Å². The van der Waals surface area contributed by atoms with Crippen molar-refractivity contribution in [3.8, 4) is 0 Å². The van der Waals surface area contributed by atoms with Crippen LogP contribution in [0, 0.1) is 5.92 Å². The van der Waals surface area contributed by atoms with E-state index in [-0.39, 0.29) is 12.5 Å². The summed E-state index contributed by atoms with van der Waals surface area (Å²) >= 11 is 0. The zero-order valence-corrected chi connectivity index (χ0v) is 9.09. The van der Waals surface area contributed by atoms with Gasteiger partial charge in [0.2, 0.25) is 5.91 Å². The van der Waals surface area contributed by atoms with Gasteiger partial charge in [-0.2, -0.15) is 0 Å². The Balaban J connectivity index is 4.54. The van der Waals surface area contributed by atoms with E-state index in [0.29, 0.717) is 0 Å². The Bertz CT molecular complexity index is 228. The fourth-order valence-corrected chi connectivity index (χ4v) is 0.870. The third-order valence-corrected chi connectivity index (χ3v) is 2.30. The van der Waals surface area contributed by atoms with E-state index in [1.165, 1.54) is 0 Å². The number of amides is 2. The average molecular weight is 202 g/mol. The summed E-state index contributed by atoms with van der Waals surface area (Å²) < 4.78 is 4.68. The van der Waals surface area contributed by atoms with Crippen LogP contribution in [0.1, 0.15) is 27.7 Å². The molecule has 0 aliphatic heterocycles. The maximum absolute atomic E-state index is 11.2. The number of ether oxygens (including phenoxy) is 1. The number of hydrogen-bond acceptors (Lipinski definition) is 3. The highest BCUT2D eigenvalue weighted by Crippen LogP contribution is 2.15. The van der Waals surface area contributed by atoms with Gasteiger partial charge >= 0.3 is 6.09 Å². The maximum Gasteiger partial charge on any atom is 0.407 e. The average Bonchev–Trinajstić information content (AvgIpc) is 2.03. The van der Waals surface area contributed by atoms with Crippen LogP contribution in [0.3, 0.4) is 0 Å². The zero-order chi connectivity index (χ0) is 11.4. The number of alkyl carbamates (subject to hydrolysis) is 1. The lowest BCUT2D eigenvalue weighted by molar-refractivity contribution is -0.125. The molecule has 0 aromatic rings. The molecule has 1 unspecified atom stereocenters. The van der Waals surface area contributed by atoms with Gasteiger partial charge in [-0.05, 0) is 19.8 Å². The van der Waals surface area contributed by atoms with Gasteiger partial charge in [0, 0.05) is 0 Å². The number of nitrogens with one attached hydrogen (secondary N) is 1. The first-order valence-electron chi connectivity index (χ1n) is 4.59. The first-order valence-corrected chi connectivity index (χ1v) is 4.59. The monoisotopic (exact) mass is 202 g/mol. The zero-order valence-electron chi connectivity index (χ0n) is 9.09. The molecule has 3 N–H and O–H groups in total. The number of primary amides is 1. The van der Waals surface area contributed by atoms with Crippen molar-refractivity contribution in [1.82, 2.24) is 5.32 Å². The largest absolute Gasteiger partial charge is 0.450 e. The number of rotatable bonds is 4. The molecule has 1 atom stereocenters. The topological polar surface area (TPSA) is 81.4 Å². The van der Waals surface area contributed by atoms with Crippen LogP contribution in [0.4, 0.5) is 4.79 Å². The summed E-state index contributed by atoms with van der Waals surface area (Å²) in [7, 11) is 0. The van der Waals surface area contributed by atoms with Gasteiger partial charge in [-0.3, -0.25) is 4.79 Å². The van der Waals surface area contributed by atoms with Gasteiger partial charge in [-0.1, -0.05) is 13.8 Å². The van der Waals surface area contributed by atoms with E-state index >= 15 is 0 Å². The van der Waals surface area contributed by atoms with Crippen LogP contribution in [-0.2, 0) is 9.53 Å². The molecule has 0 aromatic heterocycles. The van der Waals surface area contributed by atoms with Gasteiger partial charge < -0.3 is 15.8 Å². The lowest BCUT2D eigenvalue weighted by atomic mass is 9.88. The highest BCUT2D eigenvalue weighted by Gasteiger charge is 2.36. The molecule has 0 aliphatic carbocycles. The quantitative estimate of drug-likeness (QED) is 0.701. The summed E-state index contributed by atoms with van der Waals surface area (Å²) in [5, 5.41) is 2.46. The third-order valence-electron chi connectivity index (χ3n) is 2.30. The SMILES string of the molecule is CCOC(=O)NC(C)(C(N)=O)C(C)C. The van der Waals surface area contributed by atoms with Crippen molar-refractivity contribution in [2.45, 2.75) is 33.2 Å². The second kappa shape index (κ2) is 4.83. The number of nitrogens with two attached hydrogens (primary N) is 1. The van der Waals surface area contributed by atoms with Crippen LogP contribution in [0.2, 0.25) is 0 Å². The highest BCUT2D eigenvalue weighted by molar-refractivity contribution is 5.88. The summed E-state index contributed by atoms with van der Waals surface area (Å²) in [6.45, 7) is 7.14. The van der Waals surface area contributed by atoms with Crippen LogP contribution in [0.25, 0.3) is 0 Å². The molecule has 0 saturated heterocycles. The number of hydrogen-bond donors (Lipinski definition) is 2. The molecule has 0 aromatic carbocycles. The molecule has 0 bridgehead atoms. The normalized spacial score (nSPS) is 14.6. The van der Waals surface area contributed by atoms with Crippen molar-refractivity contribution < 1.29 is 14.3 Å². The van der Waals surface area contributed by atoms with Crippen molar-refractivity contribution in [2.24, 2.45) is 11.7 Å². The predicted molar refractivity (Wildman–Crippen MR) is 52.6 cm³/mol. The second-order valence-corrected chi connectivity index (χ2v) is 3.57. The summed E-state index contributed by atoms with van der Waals surface area (Å²) in [5.41, 5.74) is 4.14. The molecule has 5 nitrogen and oxygen atoms in total. The van der Waals surface area contributed by atoms with Crippen LogP contribution in [0.5, 0.6) is 0 Å². The Kier molecular flexibility index (Phi) is 4.40. The van der Waals surface area contributed by atoms with Crippen LogP contribution in [0.15, 0.2) is 0 Å². The molecule has 0 saturated carbocycles. The molecule has 5 heteroatoms. The minimum atomic E-state index is -1.06. The van der Waals surface area contributed by atoms with Gasteiger partial charge in [0.15, 0.2) is 0 Å². The van der Waals surface area contributed by atoms with E-state index in [1.54, 1.807) is 27.7 Å². The van der Waals surface area contributed by atoms with E-state index in [4.69, 9.17) is 5.73 Å². The van der Waals surface area contributed by atoms with E-state index in [0.717, 1.165) is 0 Å². The summed E-state index contributed by atoms with van der Waals surface area (Å²) in [6, 6.07) is 0. The molecule has 0 fully saturated rings. The molecule has 0 radical (unpaired) electrons. The molecule has 2 amide bonds. The standard InChI is InChI=1S/C9H18N2O3/c1-5-14-8(13)11-9(4,6(2)3)7(10)12/h6H,5H2,1-4H3,(H2,10,12)(H,11,13). The highest BCUT2D eigenvalue weighted by atomic mass is 16.5. The van der Waals surface area contributed by atoms with E-state index < -0.39 is 17.5 Å². The first kappa shape index (κ1) is 12.7. The fraction of sp³-hybridized carbons (Fsp3) is 0.778. The molecule has 0 heterocycles. The summed E-state index contributed by atoms with van der Waals surface area (Å²) in [4.78, 5) is 22.3. The molecule has 82 valence electrons. The lowest BCUT2D eigenvalue weighted by Gasteiger charge is -2.30. The number of carbonyl (C=O) groups is 2. The van der Waals surface area contributed by atoms with Crippen molar-refractivity contribution >= 4 is 12.0 Å². The van der Waals surface area contributed by atoms with Gasteiger partial charge in [-0.25, -0.2) is 4.79 Å². The molecule has 0 aliphatic rings. The Hall–Kier alpha value is -1.26. The Morgan fingerprint density at radius 3 is 2.29 bits per heavy atom. The Morgan fingerprint density at radius 1 is 1.50 bits per heavy atom. The summed E-state index contributed by atoms with van der Waals surface area (Å²) in [6.07, 6.45) is -0.623. The van der Waals surface area contributed by atoms with Crippen molar-refractivity contribution in [3.63, 3.8) is 0 Å². The van der Waals surface area contributed by atoms with E-state index in [2.05, 4.69) is 10.1 Å². The minimum absolute atomic E-state index is 0.0931. The molecule has 14 heavy (non-hydrogen) atoms. The Morgan fingerprint density at radius 2 is 2.00 bits per heavy atom. The maximum atomic E-state index is 11.2. The third kappa shape index (κ3) is 2.90. The first-order chi connectivity index (χ1) is 6.34. The van der Waals surface area contributed by atoms with E-state index in [1.807, 2.05) is 0 Å². The van der Waals surface area contributed by atoms with Crippen molar-refractivity contribution in [3.05, 3.63) is 0 Å². The smallest absolute Gasteiger partial charge is 0.407 e. The molecule has 0 rings (SSSR count). The predicted octanol–water partition coefficient (Wildman–Crippen LogP) is 0.632. The molecule has 0 spiro atoms. The van der Waals surface area contributed by atoms with Gasteiger partial charge in [-0.15, -0.1) is 0 Å².